The maximum atomic E-state index is 9.67. The van der Waals surface area contributed by atoms with E-state index < -0.39 is 6.10 Å². The third-order valence-electron chi connectivity index (χ3n) is 2.75. The van der Waals surface area contributed by atoms with Gasteiger partial charge >= 0.3 is 0 Å². The van der Waals surface area contributed by atoms with Gasteiger partial charge in [-0.25, -0.2) is 0 Å². The molecule has 4 nitrogen and oxygen atoms in total. The third-order valence-corrected chi connectivity index (χ3v) is 2.75. The van der Waals surface area contributed by atoms with E-state index in [1.54, 1.807) is 14.2 Å². The SMILES string of the molecule is COc1ccc(C(C)C(O)CN)cc1OC. The van der Waals surface area contributed by atoms with Gasteiger partial charge in [0.25, 0.3) is 0 Å². The highest BCUT2D eigenvalue weighted by Gasteiger charge is 2.16. The van der Waals surface area contributed by atoms with Crippen LogP contribution in [-0.4, -0.2) is 32.0 Å². The second kappa shape index (κ2) is 5.72. The fourth-order valence-electron chi connectivity index (χ4n) is 1.56. The van der Waals surface area contributed by atoms with E-state index in [1.807, 2.05) is 25.1 Å². The number of hydrogen-bond donors (Lipinski definition) is 2. The summed E-state index contributed by atoms with van der Waals surface area (Å²) < 4.78 is 10.3. The number of hydrogen-bond acceptors (Lipinski definition) is 4. The molecule has 0 heterocycles. The van der Waals surface area contributed by atoms with Gasteiger partial charge in [-0.15, -0.1) is 0 Å². The largest absolute Gasteiger partial charge is 0.493 e. The summed E-state index contributed by atoms with van der Waals surface area (Å²) in [5.74, 6) is 1.32. The quantitative estimate of drug-likeness (QED) is 0.788. The Kier molecular flexibility index (Phi) is 4.58. The van der Waals surface area contributed by atoms with E-state index in [0.29, 0.717) is 11.5 Å². The lowest BCUT2D eigenvalue weighted by molar-refractivity contribution is 0.157. The zero-order valence-electron chi connectivity index (χ0n) is 9.93. The van der Waals surface area contributed by atoms with Crippen LogP contribution in [0.5, 0.6) is 11.5 Å². The molecule has 0 aliphatic rings. The van der Waals surface area contributed by atoms with Crippen molar-refractivity contribution in [2.75, 3.05) is 20.8 Å². The molecular weight excluding hydrogens is 206 g/mol. The predicted octanol–water partition coefficient (Wildman–Crippen LogP) is 1.13. The van der Waals surface area contributed by atoms with Gasteiger partial charge in [0.15, 0.2) is 11.5 Å². The molecule has 4 heteroatoms. The van der Waals surface area contributed by atoms with E-state index in [9.17, 15) is 5.11 Å². The number of benzene rings is 1. The van der Waals surface area contributed by atoms with Crippen LogP contribution < -0.4 is 15.2 Å². The first kappa shape index (κ1) is 12.8. The Bertz CT molecular complexity index is 341. The molecule has 0 saturated carbocycles. The summed E-state index contributed by atoms with van der Waals surface area (Å²) in [5.41, 5.74) is 6.41. The highest BCUT2D eigenvalue weighted by Crippen LogP contribution is 2.31. The molecule has 0 aliphatic heterocycles. The maximum absolute atomic E-state index is 9.67. The second-order valence-electron chi connectivity index (χ2n) is 3.71. The Morgan fingerprint density at radius 3 is 2.38 bits per heavy atom. The molecule has 0 amide bonds. The van der Waals surface area contributed by atoms with Gasteiger partial charge in [0.1, 0.15) is 0 Å². The van der Waals surface area contributed by atoms with Crippen molar-refractivity contribution in [3.8, 4) is 11.5 Å². The Morgan fingerprint density at radius 1 is 1.25 bits per heavy atom. The Morgan fingerprint density at radius 2 is 1.88 bits per heavy atom. The van der Waals surface area contributed by atoms with Crippen LogP contribution in [0.25, 0.3) is 0 Å². The second-order valence-corrected chi connectivity index (χ2v) is 3.71. The summed E-state index contributed by atoms with van der Waals surface area (Å²) >= 11 is 0. The van der Waals surface area contributed by atoms with Gasteiger partial charge in [-0.1, -0.05) is 13.0 Å². The lowest BCUT2D eigenvalue weighted by Gasteiger charge is -2.18. The molecular formula is C12H19NO3. The molecule has 0 fully saturated rings. The zero-order valence-corrected chi connectivity index (χ0v) is 9.93. The Labute approximate surface area is 96.0 Å². The van der Waals surface area contributed by atoms with Crippen molar-refractivity contribution < 1.29 is 14.6 Å². The minimum Gasteiger partial charge on any atom is -0.493 e. The van der Waals surface area contributed by atoms with Crippen LogP contribution in [0.1, 0.15) is 18.4 Å². The van der Waals surface area contributed by atoms with E-state index in [2.05, 4.69) is 0 Å². The number of rotatable bonds is 5. The average molecular weight is 225 g/mol. The number of ether oxygens (including phenoxy) is 2. The van der Waals surface area contributed by atoms with Crippen LogP contribution in [0.4, 0.5) is 0 Å². The number of aliphatic hydroxyl groups is 1. The normalized spacial score (nSPS) is 14.3. The summed E-state index contributed by atoms with van der Waals surface area (Å²) in [6.45, 7) is 2.17. The molecule has 90 valence electrons. The molecule has 1 aromatic carbocycles. The van der Waals surface area contributed by atoms with Crippen LogP contribution in [-0.2, 0) is 0 Å². The molecule has 0 aromatic heterocycles. The molecule has 3 N–H and O–H groups in total. The molecule has 16 heavy (non-hydrogen) atoms. The Hall–Kier alpha value is -1.26. The molecule has 0 aliphatic carbocycles. The summed E-state index contributed by atoms with van der Waals surface area (Å²) in [7, 11) is 3.18. The number of methoxy groups -OCH3 is 2. The summed E-state index contributed by atoms with van der Waals surface area (Å²) in [6.07, 6.45) is -0.543. The van der Waals surface area contributed by atoms with Crippen molar-refractivity contribution in [1.82, 2.24) is 0 Å². The van der Waals surface area contributed by atoms with E-state index in [4.69, 9.17) is 15.2 Å². The minimum absolute atomic E-state index is 0.0233. The smallest absolute Gasteiger partial charge is 0.160 e. The number of nitrogens with two attached hydrogens (primary N) is 1. The fraction of sp³-hybridized carbons (Fsp3) is 0.500. The van der Waals surface area contributed by atoms with Gasteiger partial charge in [-0.05, 0) is 17.7 Å². The van der Waals surface area contributed by atoms with E-state index in [1.165, 1.54) is 0 Å². The topological polar surface area (TPSA) is 64.7 Å². The maximum Gasteiger partial charge on any atom is 0.160 e. The first-order valence-corrected chi connectivity index (χ1v) is 5.24. The minimum atomic E-state index is -0.543. The fourth-order valence-corrected chi connectivity index (χ4v) is 1.56. The van der Waals surface area contributed by atoms with Crippen LogP contribution in [0.2, 0.25) is 0 Å². The predicted molar refractivity (Wildman–Crippen MR) is 63.0 cm³/mol. The standard InChI is InChI=1S/C12H19NO3/c1-8(10(14)7-13)9-4-5-11(15-2)12(6-9)16-3/h4-6,8,10,14H,7,13H2,1-3H3. The van der Waals surface area contributed by atoms with Gasteiger partial charge in [0, 0.05) is 12.5 Å². The molecule has 2 atom stereocenters. The van der Waals surface area contributed by atoms with Crippen LogP contribution in [0.15, 0.2) is 18.2 Å². The van der Waals surface area contributed by atoms with Crippen molar-refractivity contribution in [2.24, 2.45) is 5.73 Å². The summed E-state index contributed by atoms with van der Waals surface area (Å²) in [5, 5.41) is 9.67. The van der Waals surface area contributed by atoms with Crippen LogP contribution in [0, 0.1) is 0 Å². The zero-order chi connectivity index (χ0) is 12.1. The molecule has 1 aromatic rings. The number of aliphatic hydroxyl groups excluding tert-OH is 1. The molecule has 0 radical (unpaired) electrons. The van der Waals surface area contributed by atoms with Gasteiger partial charge in [-0.2, -0.15) is 0 Å². The van der Waals surface area contributed by atoms with Crippen molar-refractivity contribution in [3.63, 3.8) is 0 Å². The first-order valence-electron chi connectivity index (χ1n) is 5.24. The van der Waals surface area contributed by atoms with Crippen LogP contribution >= 0.6 is 0 Å². The lowest BCUT2D eigenvalue weighted by atomic mass is 9.95. The molecule has 0 saturated heterocycles. The van der Waals surface area contributed by atoms with Gasteiger partial charge in [0.2, 0.25) is 0 Å². The van der Waals surface area contributed by atoms with E-state index in [0.717, 1.165) is 5.56 Å². The first-order chi connectivity index (χ1) is 7.63. The van der Waals surface area contributed by atoms with Crippen molar-refractivity contribution >= 4 is 0 Å². The van der Waals surface area contributed by atoms with Crippen molar-refractivity contribution in [1.29, 1.82) is 0 Å². The third kappa shape index (κ3) is 2.65. The Balaban J connectivity index is 2.98. The van der Waals surface area contributed by atoms with E-state index >= 15 is 0 Å². The van der Waals surface area contributed by atoms with Gasteiger partial charge < -0.3 is 20.3 Å². The monoisotopic (exact) mass is 225 g/mol. The average Bonchev–Trinajstić information content (AvgIpc) is 2.35. The van der Waals surface area contributed by atoms with Crippen molar-refractivity contribution in [3.05, 3.63) is 23.8 Å². The van der Waals surface area contributed by atoms with Gasteiger partial charge in [-0.3, -0.25) is 0 Å². The van der Waals surface area contributed by atoms with E-state index in [-0.39, 0.29) is 12.5 Å². The van der Waals surface area contributed by atoms with Gasteiger partial charge in [0.05, 0.1) is 20.3 Å². The highest BCUT2D eigenvalue weighted by atomic mass is 16.5. The lowest BCUT2D eigenvalue weighted by Crippen LogP contribution is -2.25. The van der Waals surface area contributed by atoms with Crippen molar-refractivity contribution in [2.45, 2.75) is 18.9 Å². The highest BCUT2D eigenvalue weighted by molar-refractivity contribution is 5.44. The summed E-state index contributed by atoms with van der Waals surface area (Å²) in [4.78, 5) is 0. The molecule has 2 unspecified atom stereocenters. The summed E-state index contributed by atoms with van der Waals surface area (Å²) in [6, 6.07) is 5.60. The van der Waals surface area contributed by atoms with Crippen LogP contribution in [0.3, 0.4) is 0 Å². The molecule has 0 bridgehead atoms. The molecule has 1 rings (SSSR count). The molecule has 0 spiro atoms.